The van der Waals surface area contributed by atoms with Crippen molar-refractivity contribution in [2.45, 2.75) is 19.9 Å². The predicted molar refractivity (Wildman–Crippen MR) is 95.3 cm³/mol. The molecule has 0 fully saturated rings. The first-order valence-corrected chi connectivity index (χ1v) is 7.68. The molecule has 9 heteroatoms. The van der Waals surface area contributed by atoms with Crippen LogP contribution in [0.2, 0.25) is 0 Å². The van der Waals surface area contributed by atoms with Crippen molar-refractivity contribution in [3.8, 4) is 5.75 Å². The molecule has 0 aliphatic rings. The van der Waals surface area contributed by atoms with Gasteiger partial charge in [-0.15, -0.1) is 0 Å². The van der Waals surface area contributed by atoms with E-state index in [1.54, 1.807) is 28.8 Å². The average Bonchev–Trinajstić information content (AvgIpc) is 2.95. The summed E-state index contributed by atoms with van der Waals surface area (Å²) in [4.78, 5) is 30.6. The minimum atomic E-state index is -0.532. The summed E-state index contributed by atoms with van der Waals surface area (Å²) in [5.41, 5.74) is 2.83. The van der Waals surface area contributed by atoms with Gasteiger partial charge in [0.05, 0.1) is 6.21 Å². The van der Waals surface area contributed by atoms with Gasteiger partial charge >= 0.3 is 5.69 Å². The van der Waals surface area contributed by atoms with Crippen LogP contribution in [0, 0.1) is 0 Å². The Bertz CT molecular complexity index is 1070. The van der Waals surface area contributed by atoms with E-state index in [-0.39, 0.29) is 23.0 Å². The van der Waals surface area contributed by atoms with E-state index in [9.17, 15) is 14.7 Å². The zero-order valence-electron chi connectivity index (χ0n) is 14.0. The van der Waals surface area contributed by atoms with E-state index >= 15 is 0 Å². The molecule has 2 aromatic heterocycles. The van der Waals surface area contributed by atoms with E-state index in [2.05, 4.69) is 20.5 Å². The summed E-state index contributed by atoms with van der Waals surface area (Å²) < 4.78 is 2.93. The van der Waals surface area contributed by atoms with Crippen LogP contribution in [0.5, 0.6) is 5.75 Å². The molecule has 3 N–H and O–H groups in total. The maximum atomic E-state index is 12.2. The van der Waals surface area contributed by atoms with Crippen LogP contribution in [0.3, 0.4) is 0 Å². The van der Waals surface area contributed by atoms with Gasteiger partial charge < -0.3 is 9.67 Å². The second-order valence-corrected chi connectivity index (χ2v) is 5.82. The van der Waals surface area contributed by atoms with Crippen LogP contribution < -0.4 is 16.7 Å². The molecule has 0 saturated carbocycles. The lowest BCUT2D eigenvalue weighted by atomic mass is 10.2. The summed E-state index contributed by atoms with van der Waals surface area (Å²) in [6.45, 7) is 3.78. The first kappa shape index (κ1) is 16.5. The largest absolute Gasteiger partial charge is 0.507 e. The minimum absolute atomic E-state index is 0.0913. The Morgan fingerprint density at radius 2 is 2.04 bits per heavy atom. The smallest absolute Gasteiger partial charge is 0.329 e. The first-order chi connectivity index (χ1) is 11.9. The van der Waals surface area contributed by atoms with Crippen LogP contribution in [0.4, 0.5) is 5.95 Å². The Morgan fingerprint density at radius 3 is 2.72 bits per heavy atom. The number of phenolic OH excluding ortho intramolecular Hbond substituents is 1. The molecule has 0 atom stereocenters. The Balaban J connectivity index is 2.07. The highest BCUT2D eigenvalue weighted by molar-refractivity contribution is 5.83. The SMILES string of the molecule is CC(C)n1c(N/N=C/c2ccccc2O)nc2c1c(=O)[nH]c(=O)n2C. The number of phenols is 1. The normalized spacial score (nSPS) is 11.7. The van der Waals surface area contributed by atoms with Crippen LogP contribution >= 0.6 is 0 Å². The summed E-state index contributed by atoms with van der Waals surface area (Å²) in [6, 6.07) is 6.66. The van der Waals surface area contributed by atoms with E-state index < -0.39 is 11.2 Å². The lowest BCUT2D eigenvalue weighted by Crippen LogP contribution is -2.29. The van der Waals surface area contributed by atoms with Crippen molar-refractivity contribution in [3.05, 3.63) is 50.7 Å². The molecule has 25 heavy (non-hydrogen) atoms. The molecule has 2 heterocycles. The van der Waals surface area contributed by atoms with Gasteiger partial charge in [-0.25, -0.2) is 10.2 Å². The Kier molecular flexibility index (Phi) is 4.14. The number of hydrazone groups is 1. The summed E-state index contributed by atoms with van der Waals surface area (Å²) in [5, 5.41) is 13.8. The van der Waals surface area contributed by atoms with E-state index in [0.29, 0.717) is 11.5 Å². The van der Waals surface area contributed by atoms with Crippen LogP contribution in [0.1, 0.15) is 25.5 Å². The molecular formula is C16H18N6O3. The third-order valence-electron chi connectivity index (χ3n) is 3.77. The highest BCUT2D eigenvalue weighted by Gasteiger charge is 2.18. The molecule has 0 saturated heterocycles. The topological polar surface area (TPSA) is 117 Å². The third-order valence-corrected chi connectivity index (χ3v) is 3.77. The fraction of sp³-hybridized carbons (Fsp3) is 0.250. The Labute approximate surface area is 142 Å². The molecule has 0 spiro atoms. The number of aryl methyl sites for hydroxylation is 1. The van der Waals surface area contributed by atoms with Crippen molar-refractivity contribution in [3.63, 3.8) is 0 Å². The summed E-state index contributed by atoms with van der Waals surface area (Å²) in [6.07, 6.45) is 1.45. The molecule has 130 valence electrons. The second kappa shape index (κ2) is 6.27. The molecule has 0 bridgehead atoms. The maximum absolute atomic E-state index is 12.2. The standard InChI is InChI=1S/C16H18N6O3/c1-9(2)22-12-13(21(3)16(25)19-14(12)24)18-15(22)20-17-8-10-6-4-5-7-11(10)23/h4-9,23H,1-3H3,(H,18,20)(H,19,24,25)/b17-8+. The van der Waals surface area contributed by atoms with Crippen LogP contribution in [-0.2, 0) is 7.05 Å². The number of hydrogen-bond acceptors (Lipinski definition) is 6. The number of fused-ring (bicyclic) bond motifs is 1. The van der Waals surface area contributed by atoms with Gasteiger partial charge in [-0.1, -0.05) is 12.1 Å². The number of benzene rings is 1. The van der Waals surface area contributed by atoms with Crippen molar-refractivity contribution < 1.29 is 5.11 Å². The number of imidazole rings is 1. The van der Waals surface area contributed by atoms with Crippen molar-refractivity contribution in [1.29, 1.82) is 0 Å². The number of aromatic nitrogens is 4. The fourth-order valence-corrected chi connectivity index (χ4v) is 2.54. The fourth-order valence-electron chi connectivity index (χ4n) is 2.54. The van der Waals surface area contributed by atoms with Crippen LogP contribution in [0.25, 0.3) is 11.2 Å². The maximum Gasteiger partial charge on any atom is 0.329 e. The van der Waals surface area contributed by atoms with Gasteiger partial charge in [-0.3, -0.25) is 14.3 Å². The number of aromatic amines is 1. The monoisotopic (exact) mass is 342 g/mol. The zero-order chi connectivity index (χ0) is 18.1. The number of nitrogens with zero attached hydrogens (tertiary/aromatic N) is 4. The predicted octanol–water partition coefficient (Wildman–Crippen LogP) is 1.16. The third kappa shape index (κ3) is 2.91. The van der Waals surface area contributed by atoms with Crippen molar-refractivity contribution >= 4 is 23.3 Å². The summed E-state index contributed by atoms with van der Waals surface area (Å²) in [5.74, 6) is 0.424. The van der Waals surface area contributed by atoms with Crippen LogP contribution in [-0.4, -0.2) is 30.4 Å². The molecule has 3 aromatic rings. The number of nitrogens with one attached hydrogen (secondary N) is 2. The van der Waals surface area contributed by atoms with Gasteiger partial charge in [0.15, 0.2) is 11.2 Å². The second-order valence-electron chi connectivity index (χ2n) is 5.82. The molecule has 9 nitrogen and oxygen atoms in total. The number of aromatic hydroxyl groups is 1. The van der Waals surface area contributed by atoms with Crippen molar-refractivity contribution in [1.82, 2.24) is 19.1 Å². The molecule has 0 radical (unpaired) electrons. The highest BCUT2D eigenvalue weighted by Crippen LogP contribution is 2.21. The summed E-state index contributed by atoms with van der Waals surface area (Å²) in [7, 11) is 1.54. The summed E-state index contributed by atoms with van der Waals surface area (Å²) >= 11 is 0. The van der Waals surface area contributed by atoms with Crippen LogP contribution in [0.15, 0.2) is 39.0 Å². The van der Waals surface area contributed by atoms with E-state index in [1.807, 2.05) is 13.8 Å². The molecule has 0 amide bonds. The van der Waals surface area contributed by atoms with Gasteiger partial charge in [0.2, 0.25) is 5.95 Å². The molecular weight excluding hydrogens is 324 g/mol. The average molecular weight is 342 g/mol. The lowest BCUT2D eigenvalue weighted by Gasteiger charge is -2.11. The molecule has 3 rings (SSSR count). The number of rotatable bonds is 4. The van der Waals surface area contributed by atoms with Crippen molar-refractivity contribution in [2.24, 2.45) is 12.1 Å². The van der Waals surface area contributed by atoms with Gasteiger partial charge in [-0.05, 0) is 26.0 Å². The molecule has 0 unspecified atom stereocenters. The number of anilines is 1. The minimum Gasteiger partial charge on any atom is -0.507 e. The Morgan fingerprint density at radius 1 is 1.32 bits per heavy atom. The quantitative estimate of drug-likeness (QED) is 0.486. The first-order valence-electron chi connectivity index (χ1n) is 7.68. The number of hydrogen-bond donors (Lipinski definition) is 3. The van der Waals surface area contributed by atoms with Gasteiger partial charge in [0.25, 0.3) is 5.56 Å². The van der Waals surface area contributed by atoms with Gasteiger partial charge in [0, 0.05) is 18.7 Å². The Hall–Kier alpha value is -3.36. The number of H-pyrrole nitrogens is 1. The molecule has 0 aliphatic heterocycles. The zero-order valence-corrected chi connectivity index (χ0v) is 14.0. The molecule has 1 aromatic carbocycles. The van der Waals surface area contributed by atoms with E-state index in [4.69, 9.17) is 0 Å². The number of para-hydroxylation sites is 1. The van der Waals surface area contributed by atoms with E-state index in [1.165, 1.54) is 17.8 Å². The van der Waals surface area contributed by atoms with E-state index in [0.717, 1.165) is 0 Å². The molecule has 0 aliphatic carbocycles. The van der Waals surface area contributed by atoms with Crippen molar-refractivity contribution in [2.75, 3.05) is 5.43 Å². The van der Waals surface area contributed by atoms with Gasteiger partial charge in [0.1, 0.15) is 5.75 Å². The lowest BCUT2D eigenvalue weighted by molar-refractivity contribution is 0.474. The highest BCUT2D eigenvalue weighted by atomic mass is 16.3. The van der Waals surface area contributed by atoms with Gasteiger partial charge in [-0.2, -0.15) is 10.1 Å².